The van der Waals surface area contributed by atoms with Crippen molar-refractivity contribution in [3.8, 4) is 11.5 Å². The highest BCUT2D eigenvalue weighted by atomic mass is 32.1. The summed E-state index contributed by atoms with van der Waals surface area (Å²) in [7, 11) is 1.44. The third kappa shape index (κ3) is 5.68. The zero-order valence-corrected chi connectivity index (χ0v) is 18.5. The van der Waals surface area contributed by atoms with Crippen molar-refractivity contribution in [2.24, 2.45) is 0 Å². The molecule has 2 aromatic carbocycles. The maximum atomic E-state index is 13.1. The molecule has 1 aliphatic rings. The summed E-state index contributed by atoms with van der Waals surface area (Å²) in [6, 6.07) is 9.91. The molecule has 1 fully saturated rings. The summed E-state index contributed by atoms with van der Waals surface area (Å²) in [5.41, 5.74) is 1.20. The third-order valence-corrected chi connectivity index (χ3v) is 4.94. The Labute approximate surface area is 190 Å². The maximum absolute atomic E-state index is 13.1. The van der Waals surface area contributed by atoms with Crippen LogP contribution in [0.4, 0.5) is 4.39 Å². The molecule has 168 valence electrons. The number of methoxy groups -OCH3 is 1. The van der Waals surface area contributed by atoms with Crippen molar-refractivity contribution < 1.29 is 28.2 Å². The molecule has 0 spiro atoms. The summed E-state index contributed by atoms with van der Waals surface area (Å²) in [5, 5.41) is 3.27. The number of carbonyl (C=O) groups excluding carboxylic acids is 2. The zero-order chi connectivity index (χ0) is 23.1. The lowest BCUT2D eigenvalue weighted by Crippen LogP contribution is -2.32. The molecular formula is C23H23FN2O5S. The van der Waals surface area contributed by atoms with E-state index in [1.54, 1.807) is 24.3 Å². The van der Waals surface area contributed by atoms with Crippen LogP contribution >= 0.6 is 12.2 Å². The molecule has 32 heavy (non-hydrogen) atoms. The summed E-state index contributed by atoms with van der Waals surface area (Å²) in [6.45, 7) is 3.55. The van der Waals surface area contributed by atoms with Crippen LogP contribution in [-0.4, -0.2) is 48.8 Å². The number of carbonyl (C=O) groups is 2. The van der Waals surface area contributed by atoms with Crippen molar-refractivity contribution >= 4 is 35.3 Å². The van der Waals surface area contributed by atoms with Gasteiger partial charge in [0.05, 0.1) is 12.7 Å². The lowest BCUT2D eigenvalue weighted by atomic mass is 10.1. The van der Waals surface area contributed by atoms with E-state index < -0.39 is 11.8 Å². The third-order valence-electron chi connectivity index (χ3n) is 4.62. The van der Waals surface area contributed by atoms with Gasteiger partial charge >= 0.3 is 5.97 Å². The predicted octanol–water partition coefficient (Wildman–Crippen LogP) is 3.54. The van der Waals surface area contributed by atoms with Gasteiger partial charge in [0.2, 0.25) is 0 Å². The van der Waals surface area contributed by atoms with Crippen molar-refractivity contribution in [1.29, 1.82) is 0 Å². The van der Waals surface area contributed by atoms with E-state index in [0.717, 1.165) is 0 Å². The van der Waals surface area contributed by atoms with E-state index in [1.807, 2.05) is 6.92 Å². The average molecular weight is 459 g/mol. The Balaban J connectivity index is 1.72. The molecule has 0 aliphatic carbocycles. The monoisotopic (exact) mass is 458 g/mol. The molecule has 0 bridgehead atoms. The first-order chi connectivity index (χ1) is 15.4. The Bertz CT molecular complexity index is 1040. The van der Waals surface area contributed by atoms with Crippen LogP contribution in [0.3, 0.4) is 0 Å². The SMILES string of the molecule is CCOCCCN1C(=O)/C(=C\c2ccc(OC(=O)c3ccc(F)cc3)c(OC)c2)NC1=S. The van der Waals surface area contributed by atoms with Crippen LogP contribution in [0.1, 0.15) is 29.3 Å². The Kier molecular flexibility index (Phi) is 7.91. The number of nitrogens with one attached hydrogen (secondary N) is 1. The molecule has 3 rings (SSSR count). The van der Waals surface area contributed by atoms with E-state index >= 15 is 0 Å². The molecule has 0 unspecified atom stereocenters. The highest BCUT2D eigenvalue weighted by Gasteiger charge is 2.30. The van der Waals surface area contributed by atoms with Crippen LogP contribution in [0.5, 0.6) is 11.5 Å². The van der Waals surface area contributed by atoms with Crippen molar-refractivity contribution in [2.75, 3.05) is 26.9 Å². The second-order valence-electron chi connectivity index (χ2n) is 6.80. The van der Waals surface area contributed by atoms with E-state index in [1.165, 1.54) is 36.3 Å². The van der Waals surface area contributed by atoms with Gasteiger partial charge in [0.25, 0.3) is 5.91 Å². The van der Waals surface area contributed by atoms with Gasteiger partial charge in [-0.2, -0.15) is 0 Å². The van der Waals surface area contributed by atoms with Gasteiger partial charge in [-0.25, -0.2) is 9.18 Å². The second-order valence-corrected chi connectivity index (χ2v) is 7.19. The van der Waals surface area contributed by atoms with Crippen LogP contribution in [0.15, 0.2) is 48.2 Å². The summed E-state index contributed by atoms with van der Waals surface area (Å²) >= 11 is 5.27. The summed E-state index contributed by atoms with van der Waals surface area (Å²) in [6.07, 6.45) is 2.32. The smallest absolute Gasteiger partial charge is 0.343 e. The minimum Gasteiger partial charge on any atom is -0.493 e. The lowest BCUT2D eigenvalue weighted by Gasteiger charge is -2.13. The Hall–Kier alpha value is -3.30. The normalized spacial score (nSPS) is 14.6. The van der Waals surface area contributed by atoms with Gasteiger partial charge in [-0.15, -0.1) is 0 Å². The van der Waals surface area contributed by atoms with Crippen molar-refractivity contribution in [3.05, 3.63) is 65.1 Å². The minimum atomic E-state index is -0.643. The van der Waals surface area contributed by atoms with E-state index in [2.05, 4.69) is 5.32 Å². The predicted molar refractivity (Wildman–Crippen MR) is 121 cm³/mol. The first-order valence-corrected chi connectivity index (χ1v) is 10.4. The number of esters is 1. The number of amides is 1. The van der Waals surface area contributed by atoms with E-state index in [9.17, 15) is 14.0 Å². The molecule has 0 atom stereocenters. The van der Waals surface area contributed by atoms with E-state index in [0.29, 0.717) is 48.3 Å². The molecule has 1 heterocycles. The van der Waals surface area contributed by atoms with Crippen LogP contribution in [0.25, 0.3) is 6.08 Å². The van der Waals surface area contributed by atoms with Gasteiger partial charge in [-0.1, -0.05) is 6.07 Å². The highest BCUT2D eigenvalue weighted by molar-refractivity contribution is 7.80. The molecule has 9 heteroatoms. The number of hydrogen-bond acceptors (Lipinski definition) is 6. The maximum Gasteiger partial charge on any atom is 0.343 e. The molecule has 2 aromatic rings. The number of hydrogen-bond donors (Lipinski definition) is 1. The topological polar surface area (TPSA) is 77.1 Å². The minimum absolute atomic E-state index is 0.197. The van der Waals surface area contributed by atoms with E-state index in [-0.39, 0.29) is 17.2 Å². The highest BCUT2D eigenvalue weighted by Crippen LogP contribution is 2.30. The van der Waals surface area contributed by atoms with Gasteiger partial charge in [0, 0.05) is 19.8 Å². The number of rotatable bonds is 9. The van der Waals surface area contributed by atoms with E-state index in [4.69, 9.17) is 26.4 Å². The van der Waals surface area contributed by atoms with Gasteiger partial charge in [-0.3, -0.25) is 9.69 Å². The number of thiocarbonyl (C=S) groups is 1. The fraction of sp³-hybridized carbons (Fsp3) is 0.261. The number of ether oxygens (including phenoxy) is 3. The van der Waals surface area contributed by atoms with Gasteiger partial charge in [-0.05, 0) is 73.6 Å². The molecule has 0 radical (unpaired) electrons. The second kappa shape index (κ2) is 10.8. The first-order valence-electron chi connectivity index (χ1n) is 10.0. The lowest BCUT2D eigenvalue weighted by molar-refractivity contribution is -0.122. The Morgan fingerprint density at radius 3 is 2.62 bits per heavy atom. The van der Waals surface area contributed by atoms with Crippen molar-refractivity contribution in [2.45, 2.75) is 13.3 Å². The number of benzene rings is 2. The molecular weight excluding hydrogens is 435 g/mol. The molecule has 7 nitrogen and oxygen atoms in total. The molecule has 1 amide bonds. The average Bonchev–Trinajstić information content (AvgIpc) is 3.05. The van der Waals surface area contributed by atoms with Crippen LogP contribution in [0.2, 0.25) is 0 Å². The molecule has 1 aliphatic heterocycles. The summed E-state index contributed by atoms with van der Waals surface area (Å²) in [4.78, 5) is 26.5. The fourth-order valence-electron chi connectivity index (χ4n) is 3.01. The zero-order valence-electron chi connectivity index (χ0n) is 17.7. The molecule has 0 saturated carbocycles. The summed E-state index contributed by atoms with van der Waals surface area (Å²) in [5.74, 6) is -0.814. The first kappa shape index (κ1) is 23.4. The quantitative estimate of drug-likeness (QED) is 0.203. The Morgan fingerprint density at radius 2 is 1.94 bits per heavy atom. The van der Waals surface area contributed by atoms with Crippen LogP contribution < -0.4 is 14.8 Å². The largest absolute Gasteiger partial charge is 0.493 e. The summed E-state index contributed by atoms with van der Waals surface area (Å²) < 4.78 is 29.1. The van der Waals surface area contributed by atoms with Crippen molar-refractivity contribution in [1.82, 2.24) is 10.2 Å². The molecule has 1 saturated heterocycles. The van der Waals surface area contributed by atoms with Gasteiger partial charge in [0.15, 0.2) is 16.6 Å². The molecule has 0 aromatic heterocycles. The van der Waals surface area contributed by atoms with Crippen LogP contribution in [0, 0.1) is 5.82 Å². The van der Waals surface area contributed by atoms with Crippen LogP contribution in [-0.2, 0) is 9.53 Å². The van der Waals surface area contributed by atoms with Gasteiger partial charge < -0.3 is 19.5 Å². The van der Waals surface area contributed by atoms with Crippen molar-refractivity contribution in [3.63, 3.8) is 0 Å². The van der Waals surface area contributed by atoms with Gasteiger partial charge in [0.1, 0.15) is 11.5 Å². The standard InChI is InChI=1S/C23H23FN2O5S/c1-3-30-12-4-11-26-21(27)18(25-23(26)32)13-15-5-10-19(20(14-15)29-2)31-22(28)16-6-8-17(24)9-7-16/h5-10,13-14H,3-4,11-12H2,1-2H3,(H,25,32)/b18-13+. The Morgan fingerprint density at radius 1 is 1.19 bits per heavy atom. The number of halogens is 1. The fourth-order valence-corrected chi connectivity index (χ4v) is 3.30. The molecule has 1 N–H and O–H groups in total. The number of nitrogens with zero attached hydrogens (tertiary/aromatic N) is 1.